The van der Waals surface area contributed by atoms with Gasteiger partial charge in [-0.2, -0.15) is 0 Å². The number of unbranched alkanes of at least 4 members (excludes halogenated alkanes) is 5. The maximum atomic E-state index is 13.0. The van der Waals surface area contributed by atoms with E-state index in [0.717, 1.165) is 29.7 Å². The molecule has 1 aromatic carbocycles. The van der Waals surface area contributed by atoms with E-state index in [1.165, 1.54) is 44.2 Å². The molecule has 2 nitrogen and oxygen atoms in total. The SMILES string of the molecule is CCCCCCCCc1nc2ccc(F)cc2[nH]1. The maximum absolute atomic E-state index is 13.0. The number of hydrogen-bond donors (Lipinski definition) is 1. The molecular weight excluding hydrogens is 227 g/mol. The summed E-state index contributed by atoms with van der Waals surface area (Å²) in [5.74, 6) is 0.767. The van der Waals surface area contributed by atoms with Crippen LogP contribution in [0.25, 0.3) is 11.0 Å². The minimum atomic E-state index is -0.211. The van der Waals surface area contributed by atoms with E-state index in [1.54, 1.807) is 6.07 Å². The van der Waals surface area contributed by atoms with Crippen LogP contribution >= 0.6 is 0 Å². The fourth-order valence-corrected chi connectivity index (χ4v) is 2.23. The Morgan fingerprint density at radius 1 is 1.11 bits per heavy atom. The highest BCUT2D eigenvalue weighted by Crippen LogP contribution is 2.14. The van der Waals surface area contributed by atoms with Crippen LogP contribution in [0, 0.1) is 5.82 Å². The molecule has 0 bridgehead atoms. The molecule has 1 heterocycles. The number of H-pyrrole nitrogens is 1. The lowest BCUT2D eigenvalue weighted by Crippen LogP contribution is -1.88. The smallest absolute Gasteiger partial charge is 0.125 e. The van der Waals surface area contributed by atoms with Gasteiger partial charge < -0.3 is 4.98 Å². The average molecular weight is 248 g/mol. The van der Waals surface area contributed by atoms with Crippen molar-refractivity contribution in [2.75, 3.05) is 0 Å². The third kappa shape index (κ3) is 3.56. The Bertz CT molecular complexity index is 490. The summed E-state index contributed by atoms with van der Waals surface area (Å²) >= 11 is 0. The molecule has 1 aromatic heterocycles. The summed E-state index contributed by atoms with van der Waals surface area (Å²) in [5, 5.41) is 0. The van der Waals surface area contributed by atoms with Crippen LogP contribution in [0.1, 0.15) is 51.3 Å². The predicted octanol–water partition coefficient (Wildman–Crippen LogP) is 4.61. The van der Waals surface area contributed by atoms with Gasteiger partial charge in [0.25, 0.3) is 0 Å². The summed E-state index contributed by atoms with van der Waals surface area (Å²) < 4.78 is 13.0. The van der Waals surface area contributed by atoms with Crippen molar-refractivity contribution < 1.29 is 4.39 Å². The average Bonchev–Trinajstić information content (AvgIpc) is 2.75. The van der Waals surface area contributed by atoms with Gasteiger partial charge in [-0.15, -0.1) is 0 Å². The van der Waals surface area contributed by atoms with Crippen molar-refractivity contribution in [3.05, 3.63) is 29.8 Å². The van der Waals surface area contributed by atoms with Crippen LogP contribution in [0.5, 0.6) is 0 Å². The fraction of sp³-hybridized carbons (Fsp3) is 0.533. The van der Waals surface area contributed by atoms with Gasteiger partial charge in [-0.05, 0) is 24.6 Å². The number of aryl methyl sites for hydroxylation is 1. The molecule has 0 amide bonds. The highest BCUT2D eigenvalue weighted by molar-refractivity contribution is 5.74. The Morgan fingerprint density at radius 2 is 1.89 bits per heavy atom. The summed E-state index contributed by atoms with van der Waals surface area (Å²) in [4.78, 5) is 7.65. The Kier molecular flexibility index (Phi) is 4.73. The number of nitrogens with zero attached hydrogens (tertiary/aromatic N) is 1. The Balaban J connectivity index is 1.81. The van der Waals surface area contributed by atoms with Crippen LogP contribution in [0.15, 0.2) is 18.2 Å². The van der Waals surface area contributed by atoms with Crippen LogP contribution in [0.3, 0.4) is 0 Å². The molecule has 0 spiro atoms. The molecule has 0 atom stereocenters. The van der Waals surface area contributed by atoms with Gasteiger partial charge in [-0.1, -0.05) is 39.0 Å². The molecule has 0 saturated carbocycles. The second-order valence-corrected chi connectivity index (χ2v) is 4.86. The van der Waals surface area contributed by atoms with Crippen molar-refractivity contribution in [3.63, 3.8) is 0 Å². The normalized spacial score (nSPS) is 11.2. The molecule has 0 aliphatic heterocycles. The van der Waals surface area contributed by atoms with Gasteiger partial charge in [0.2, 0.25) is 0 Å². The molecule has 98 valence electrons. The number of benzene rings is 1. The van der Waals surface area contributed by atoms with E-state index in [2.05, 4.69) is 16.9 Å². The fourth-order valence-electron chi connectivity index (χ4n) is 2.23. The molecular formula is C15H21FN2. The summed E-state index contributed by atoms with van der Waals surface area (Å²) in [6.45, 7) is 2.23. The van der Waals surface area contributed by atoms with Crippen molar-refractivity contribution in [1.82, 2.24) is 9.97 Å². The van der Waals surface area contributed by atoms with Crippen molar-refractivity contribution >= 4 is 11.0 Å². The van der Waals surface area contributed by atoms with E-state index in [4.69, 9.17) is 0 Å². The number of imidazole rings is 1. The molecule has 0 unspecified atom stereocenters. The van der Waals surface area contributed by atoms with Gasteiger partial charge in [0.15, 0.2) is 0 Å². The molecule has 3 heteroatoms. The van der Waals surface area contributed by atoms with Crippen LogP contribution in [-0.4, -0.2) is 9.97 Å². The molecule has 0 saturated heterocycles. The van der Waals surface area contributed by atoms with E-state index >= 15 is 0 Å². The highest BCUT2D eigenvalue weighted by atomic mass is 19.1. The highest BCUT2D eigenvalue weighted by Gasteiger charge is 2.03. The predicted molar refractivity (Wildman–Crippen MR) is 73.1 cm³/mol. The van der Waals surface area contributed by atoms with Crippen LogP contribution in [-0.2, 0) is 6.42 Å². The molecule has 0 aliphatic rings. The Labute approximate surface area is 108 Å². The minimum Gasteiger partial charge on any atom is -0.342 e. The van der Waals surface area contributed by atoms with E-state index in [0.29, 0.717) is 0 Å². The van der Waals surface area contributed by atoms with E-state index in [9.17, 15) is 4.39 Å². The lowest BCUT2D eigenvalue weighted by molar-refractivity contribution is 0.602. The number of fused-ring (bicyclic) bond motifs is 1. The molecule has 0 radical (unpaired) electrons. The minimum absolute atomic E-state index is 0.211. The van der Waals surface area contributed by atoms with Crippen LogP contribution in [0.2, 0.25) is 0 Å². The largest absolute Gasteiger partial charge is 0.342 e. The number of nitrogens with one attached hydrogen (secondary N) is 1. The molecule has 0 aliphatic carbocycles. The van der Waals surface area contributed by atoms with Gasteiger partial charge in [-0.25, -0.2) is 9.37 Å². The summed E-state index contributed by atoms with van der Waals surface area (Å²) in [6.07, 6.45) is 8.64. The number of aromatic amines is 1. The van der Waals surface area contributed by atoms with Crippen LogP contribution in [0.4, 0.5) is 4.39 Å². The standard InChI is InChI=1S/C15H21FN2/c1-2-3-4-5-6-7-8-15-17-13-10-9-12(16)11-14(13)18-15/h9-11H,2-8H2,1H3,(H,17,18). The van der Waals surface area contributed by atoms with E-state index < -0.39 is 0 Å². The lowest BCUT2D eigenvalue weighted by Gasteiger charge is -1.98. The van der Waals surface area contributed by atoms with Gasteiger partial charge in [0.05, 0.1) is 11.0 Å². The third-order valence-corrected chi connectivity index (χ3v) is 3.26. The number of aromatic nitrogens is 2. The first kappa shape index (κ1) is 13.1. The first-order valence-corrected chi connectivity index (χ1v) is 6.93. The van der Waals surface area contributed by atoms with Gasteiger partial charge in [0.1, 0.15) is 11.6 Å². The Morgan fingerprint density at radius 3 is 2.72 bits per heavy atom. The van der Waals surface area contributed by atoms with Crippen molar-refractivity contribution in [2.24, 2.45) is 0 Å². The zero-order valence-electron chi connectivity index (χ0n) is 11.0. The van der Waals surface area contributed by atoms with Gasteiger partial charge >= 0.3 is 0 Å². The lowest BCUT2D eigenvalue weighted by atomic mass is 10.1. The second kappa shape index (κ2) is 6.53. The van der Waals surface area contributed by atoms with Gasteiger partial charge in [0, 0.05) is 6.42 Å². The van der Waals surface area contributed by atoms with Crippen molar-refractivity contribution in [2.45, 2.75) is 51.9 Å². The van der Waals surface area contributed by atoms with Crippen molar-refractivity contribution in [3.8, 4) is 0 Å². The molecule has 2 aromatic rings. The zero-order chi connectivity index (χ0) is 12.8. The van der Waals surface area contributed by atoms with Crippen molar-refractivity contribution in [1.29, 1.82) is 0 Å². The topological polar surface area (TPSA) is 28.7 Å². The molecule has 2 rings (SSSR count). The molecule has 18 heavy (non-hydrogen) atoms. The number of rotatable bonds is 7. The van der Waals surface area contributed by atoms with E-state index in [-0.39, 0.29) is 5.82 Å². The van der Waals surface area contributed by atoms with E-state index in [1.807, 2.05) is 0 Å². The monoisotopic (exact) mass is 248 g/mol. The quantitative estimate of drug-likeness (QED) is 0.712. The Hall–Kier alpha value is -1.38. The second-order valence-electron chi connectivity index (χ2n) is 4.86. The first-order valence-electron chi connectivity index (χ1n) is 6.93. The number of hydrogen-bond acceptors (Lipinski definition) is 1. The van der Waals surface area contributed by atoms with Gasteiger partial charge in [-0.3, -0.25) is 0 Å². The molecule has 1 N–H and O–H groups in total. The van der Waals surface area contributed by atoms with Crippen LogP contribution < -0.4 is 0 Å². The summed E-state index contributed by atoms with van der Waals surface area (Å²) in [7, 11) is 0. The summed E-state index contributed by atoms with van der Waals surface area (Å²) in [5.41, 5.74) is 1.66. The number of halogens is 1. The summed E-state index contributed by atoms with van der Waals surface area (Å²) in [6, 6.07) is 4.69. The molecule has 0 fully saturated rings. The first-order chi connectivity index (χ1) is 8.79. The zero-order valence-corrected chi connectivity index (χ0v) is 11.0. The maximum Gasteiger partial charge on any atom is 0.125 e. The third-order valence-electron chi connectivity index (χ3n) is 3.26.